The van der Waals surface area contributed by atoms with Gasteiger partial charge in [0.05, 0.1) is 20.5 Å². The van der Waals surface area contributed by atoms with Crippen molar-refractivity contribution in [2.45, 2.75) is 44.7 Å². The van der Waals surface area contributed by atoms with Crippen LogP contribution < -0.4 is 5.32 Å². The first-order valence-electron chi connectivity index (χ1n) is 10.5. The highest BCUT2D eigenvalue weighted by atomic mass is 35.5. The van der Waals surface area contributed by atoms with Crippen molar-refractivity contribution in [1.29, 1.82) is 0 Å². The van der Waals surface area contributed by atoms with E-state index in [2.05, 4.69) is 20.3 Å². The second-order valence-corrected chi connectivity index (χ2v) is 9.57. The normalized spacial score (nSPS) is 14.3. The van der Waals surface area contributed by atoms with E-state index < -0.39 is 16.8 Å². The third kappa shape index (κ3) is 5.57. The van der Waals surface area contributed by atoms with E-state index in [1.54, 1.807) is 6.92 Å². The topological polar surface area (TPSA) is 102 Å². The van der Waals surface area contributed by atoms with E-state index in [9.17, 15) is 27.6 Å². The predicted molar refractivity (Wildman–Crippen MR) is 123 cm³/mol. The number of Topliss-reactive ketones (excluding diaryl/α,β-unsaturated/α-hetero) is 2. The summed E-state index contributed by atoms with van der Waals surface area (Å²) in [6.07, 6.45) is -1.58. The minimum Gasteiger partial charge on any atom is -0.310 e. The number of carbonyl (C=O) groups excluding carboxylic acids is 3. The van der Waals surface area contributed by atoms with Crippen molar-refractivity contribution >= 4 is 46.2 Å². The number of carbonyl (C=O) groups is 3. The highest BCUT2D eigenvalue weighted by Gasteiger charge is 2.33. The van der Waals surface area contributed by atoms with Gasteiger partial charge in [0.2, 0.25) is 5.91 Å². The van der Waals surface area contributed by atoms with Crippen LogP contribution in [0.2, 0.25) is 5.02 Å². The zero-order valence-corrected chi connectivity index (χ0v) is 19.9. The minimum atomic E-state index is -4.62. The standard InChI is InChI=1S/C23H18ClF3N4O3S/c1-11(6-17(33)20-13-3-5-19(34)31-21(13)30-10-29-20)22-28-9-18(35-22)16(32)8-12-2-4-15(24)14(7-12)23(25,26)27/h2,4,7,9-11H,3,5-6,8H2,1H3,(H,29,30,31,34)/t11-/m0/s1. The largest absolute Gasteiger partial charge is 0.417 e. The van der Waals surface area contributed by atoms with Crippen molar-refractivity contribution in [2.24, 2.45) is 0 Å². The van der Waals surface area contributed by atoms with Gasteiger partial charge in [-0.25, -0.2) is 15.0 Å². The molecule has 7 nitrogen and oxygen atoms in total. The number of benzene rings is 1. The number of nitrogens with one attached hydrogen (secondary N) is 1. The first kappa shape index (κ1) is 24.9. The molecular formula is C23H18ClF3N4O3S. The van der Waals surface area contributed by atoms with Crippen molar-refractivity contribution in [1.82, 2.24) is 15.0 Å². The maximum Gasteiger partial charge on any atom is 0.417 e. The quantitative estimate of drug-likeness (QED) is 0.423. The first-order chi connectivity index (χ1) is 16.5. The van der Waals surface area contributed by atoms with Gasteiger partial charge in [-0.05, 0) is 24.1 Å². The summed E-state index contributed by atoms with van der Waals surface area (Å²) < 4.78 is 39.3. The zero-order valence-electron chi connectivity index (χ0n) is 18.3. The molecule has 1 aliphatic rings. The van der Waals surface area contributed by atoms with Crippen molar-refractivity contribution in [3.63, 3.8) is 0 Å². The summed E-state index contributed by atoms with van der Waals surface area (Å²) in [5.41, 5.74) is 0.0389. The Hall–Kier alpha value is -3.18. The third-order valence-corrected chi connectivity index (χ3v) is 7.08. The van der Waals surface area contributed by atoms with Crippen molar-refractivity contribution in [3.8, 4) is 0 Å². The molecule has 4 rings (SSSR count). The number of anilines is 1. The van der Waals surface area contributed by atoms with Gasteiger partial charge in [0.25, 0.3) is 0 Å². The lowest BCUT2D eigenvalue weighted by molar-refractivity contribution is -0.137. The van der Waals surface area contributed by atoms with Crippen LogP contribution in [0.4, 0.5) is 19.0 Å². The molecule has 0 saturated heterocycles. The Morgan fingerprint density at radius 1 is 1.17 bits per heavy atom. The second-order valence-electron chi connectivity index (χ2n) is 8.10. The zero-order chi connectivity index (χ0) is 25.3. The summed E-state index contributed by atoms with van der Waals surface area (Å²) >= 11 is 6.73. The molecule has 0 radical (unpaired) electrons. The number of rotatable bonds is 7. The fourth-order valence-electron chi connectivity index (χ4n) is 3.71. The van der Waals surface area contributed by atoms with Crippen LogP contribution in [0.5, 0.6) is 0 Å². The maximum atomic E-state index is 13.1. The molecule has 1 aliphatic heterocycles. The molecule has 1 N–H and O–H groups in total. The van der Waals surface area contributed by atoms with Gasteiger partial charge in [0.1, 0.15) is 17.8 Å². The van der Waals surface area contributed by atoms with E-state index in [-0.39, 0.29) is 58.8 Å². The van der Waals surface area contributed by atoms with Crippen molar-refractivity contribution < 1.29 is 27.6 Å². The van der Waals surface area contributed by atoms with Gasteiger partial charge in [0, 0.05) is 36.9 Å². The van der Waals surface area contributed by atoms with Gasteiger partial charge in [-0.15, -0.1) is 11.3 Å². The average molecular weight is 523 g/mol. The molecule has 0 unspecified atom stereocenters. The monoisotopic (exact) mass is 522 g/mol. The smallest absolute Gasteiger partial charge is 0.310 e. The van der Waals surface area contributed by atoms with Crippen molar-refractivity contribution in [3.05, 3.63) is 68.0 Å². The number of amides is 1. The maximum absolute atomic E-state index is 13.1. The Morgan fingerprint density at radius 3 is 2.69 bits per heavy atom. The molecule has 0 spiro atoms. The summed E-state index contributed by atoms with van der Waals surface area (Å²) in [7, 11) is 0. The molecule has 0 fully saturated rings. The molecule has 0 bridgehead atoms. The molecule has 1 amide bonds. The SMILES string of the molecule is C[C@@H](CC(=O)c1ncnc2c1CCC(=O)N2)c1ncc(C(=O)Cc2ccc(Cl)c(C(F)(F)F)c2)s1. The molecule has 182 valence electrons. The van der Waals surface area contributed by atoms with Gasteiger partial charge in [0.15, 0.2) is 11.6 Å². The highest BCUT2D eigenvalue weighted by molar-refractivity contribution is 7.13. The lowest BCUT2D eigenvalue weighted by Gasteiger charge is -2.17. The molecular weight excluding hydrogens is 505 g/mol. The summed E-state index contributed by atoms with van der Waals surface area (Å²) in [6.45, 7) is 1.79. The van der Waals surface area contributed by atoms with E-state index >= 15 is 0 Å². The lowest BCUT2D eigenvalue weighted by atomic mass is 9.97. The number of hydrogen-bond donors (Lipinski definition) is 1. The summed E-state index contributed by atoms with van der Waals surface area (Å²) in [6, 6.07) is 3.37. The van der Waals surface area contributed by atoms with Gasteiger partial charge in [-0.1, -0.05) is 24.6 Å². The van der Waals surface area contributed by atoms with Crippen LogP contribution >= 0.6 is 22.9 Å². The Kier molecular flexibility index (Phi) is 7.00. The summed E-state index contributed by atoms with van der Waals surface area (Å²) in [5, 5.41) is 2.75. The molecule has 0 saturated carbocycles. The van der Waals surface area contributed by atoms with Crippen molar-refractivity contribution in [2.75, 3.05) is 5.32 Å². The van der Waals surface area contributed by atoms with E-state index in [0.29, 0.717) is 22.8 Å². The molecule has 3 heterocycles. The molecule has 1 aromatic carbocycles. The van der Waals surface area contributed by atoms with Crippen LogP contribution in [-0.4, -0.2) is 32.4 Å². The number of ketones is 2. The van der Waals surface area contributed by atoms with Crippen LogP contribution in [0, 0.1) is 0 Å². The number of fused-ring (bicyclic) bond motifs is 1. The number of hydrogen-bond acceptors (Lipinski definition) is 7. The van der Waals surface area contributed by atoms with Crippen LogP contribution in [0.15, 0.2) is 30.7 Å². The van der Waals surface area contributed by atoms with Crippen LogP contribution in [0.3, 0.4) is 0 Å². The molecule has 1 atom stereocenters. The molecule has 35 heavy (non-hydrogen) atoms. The van der Waals surface area contributed by atoms with Crippen LogP contribution in [0.25, 0.3) is 0 Å². The fraction of sp³-hybridized carbons (Fsp3) is 0.304. The van der Waals surface area contributed by atoms with E-state index in [4.69, 9.17) is 11.6 Å². The molecule has 12 heteroatoms. The van der Waals surface area contributed by atoms with E-state index in [0.717, 1.165) is 23.5 Å². The molecule has 3 aromatic rings. The number of aromatic nitrogens is 3. The Bertz CT molecular complexity index is 1330. The minimum absolute atomic E-state index is 0.0741. The Morgan fingerprint density at radius 2 is 1.94 bits per heavy atom. The fourth-order valence-corrected chi connectivity index (χ4v) is 4.84. The molecule has 0 aliphatic carbocycles. The number of nitrogens with zero attached hydrogens (tertiary/aromatic N) is 3. The summed E-state index contributed by atoms with van der Waals surface area (Å²) in [4.78, 5) is 49.8. The average Bonchev–Trinajstić information content (AvgIpc) is 3.29. The first-order valence-corrected chi connectivity index (χ1v) is 11.7. The number of halogens is 4. The number of alkyl halides is 3. The summed E-state index contributed by atoms with van der Waals surface area (Å²) in [5.74, 6) is -0.786. The van der Waals surface area contributed by atoms with Crippen LogP contribution in [0.1, 0.15) is 67.5 Å². The lowest BCUT2D eigenvalue weighted by Crippen LogP contribution is -2.23. The van der Waals surface area contributed by atoms with Gasteiger partial charge in [-0.2, -0.15) is 13.2 Å². The third-order valence-electron chi connectivity index (χ3n) is 5.48. The molecule has 2 aromatic heterocycles. The Labute approximate surface area is 206 Å². The van der Waals surface area contributed by atoms with Gasteiger partial charge >= 0.3 is 6.18 Å². The van der Waals surface area contributed by atoms with Crippen LogP contribution in [-0.2, 0) is 23.8 Å². The predicted octanol–water partition coefficient (Wildman–Crippen LogP) is 5.29. The highest BCUT2D eigenvalue weighted by Crippen LogP contribution is 2.35. The van der Waals surface area contributed by atoms with E-state index in [1.807, 2.05) is 0 Å². The second kappa shape index (κ2) is 9.82. The van der Waals surface area contributed by atoms with Gasteiger partial charge in [-0.3, -0.25) is 14.4 Å². The van der Waals surface area contributed by atoms with E-state index in [1.165, 1.54) is 18.6 Å². The van der Waals surface area contributed by atoms with Gasteiger partial charge < -0.3 is 5.32 Å². The number of thiazole rings is 1. The Balaban J connectivity index is 1.44.